The number of rotatable bonds is 11. The maximum Gasteiger partial charge on any atom is 0.188 e. The number of benzene rings is 2. The molecule has 5 heteroatoms. The second kappa shape index (κ2) is 12.0. The lowest BCUT2D eigenvalue weighted by Crippen LogP contribution is -2.27. The van der Waals surface area contributed by atoms with Crippen LogP contribution in [0.5, 0.6) is 5.75 Å². The van der Waals surface area contributed by atoms with Gasteiger partial charge in [-0.1, -0.05) is 91.6 Å². The van der Waals surface area contributed by atoms with Gasteiger partial charge in [-0.25, -0.2) is 4.68 Å². The highest BCUT2D eigenvalue weighted by atomic mass is 31.1. The molecule has 3 aromatic rings. The minimum atomic E-state index is -0.0417. The topological polar surface area (TPSA) is 35.8 Å². The molecule has 0 amide bonds. The summed E-state index contributed by atoms with van der Waals surface area (Å²) in [5.74, 6) is 0.992. The molecule has 0 aliphatic carbocycles. The van der Waals surface area contributed by atoms with Crippen molar-refractivity contribution in [2.75, 3.05) is 13.9 Å². The summed E-state index contributed by atoms with van der Waals surface area (Å²) in [6, 6.07) is 17.3. The lowest BCUT2D eigenvalue weighted by Gasteiger charge is -2.37. The van der Waals surface area contributed by atoms with Crippen LogP contribution in [0.25, 0.3) is 0 Å². The third-order valence-corrected chi connectivity index (χ3v) is 8.49. The van der Waals surface area contributed by atoms with Crippen LogP contribution in [0.2, 0.25) is 0 Å². The molecule has 0 bridgehead atoms. The number of hydrogen-bond donors (Lipinski definition) is 0. The number of aromatic nitrogens is 1. The van der Waals surface area contributed by atoms with Crippen molar-refractivity contribution in [1.29, 1.82) is 0 Å². The Balaban J connectivity index is 2.16. The minimum Gasteiger partial charge on any atom is -0.467 e. The van der Waals surface area contributed by atoms with E-state index in [0.29, 0.717) is 8.58 Å². The highest BCUT2D eigenvalue weighted by Crippen LogP contribution is 2.53. The van der Waals surface area contributed by atoms with E-state index in [1.807, 2.05) is 35.4 Å². The molecule has 35 heavy (non-hydrogen) atoms. The molecular weight excluding hydrogens is 451 g/mol. The van der Waals surface area contributed by atoms with E-state index in [1.165, 1.54) is 22.0 Å². The zero-order chi connectivity index (χ0) is 25.5. The molecule has 0 spiro atoms. The molecule has 0 saturated carbocycles. The molecule has 0 aliphatic heterocycles. The second-order valence-electron chi connectivity index (χ2n) is 10.2. The molecule has 0 aliphatic rings. The predicted octanol–water partition coefficient (Wildman–Crippen LogP) is 7.37. The van der Waals surface area contributed by atoms with Gasteiger partial charge in [0.1, 0.15) is 5.75 Å². The zero-order valence-electron chi connectivity index (χ0n) is 22.4. The lowest BCUT2D eigenvalue weighted by atomic mass is 9.80. The van der Waals surface area contributed by atoms with Crippen molar-refractivity contribution in [1.82, 2.24) is 4.68 Å². The van der Waals surface area contributed by atoms with Gasteiger partial charge in [-0.05, 0) is 42.6 Å². The summed E-state index contributed by atoms with van der Waals surface area (Å²) in [6.07, 6.45) is 9.10. The van der Waals surface area contributed by atoms with Crippen molar-refractivity contribution >= 4 is 20.1 Å². The first-order valence-electron chi connectivity index (χ1n) is 12.6. The van der Waals surface area contributed by atoms with E-state index in [1.54, 1.807) is 7.11 Å². The third kappa shape index (κ3) is 6.63. The average Bonchev–Trinajstić information content (AvgIpc) is 3.35. The molecule has 188 valence electrons. The summed E-state index contributed by atoms with van der Waals surface area (Å²) in [5.41, 5.74) is 4.94. The molecule has 0 radical (unpaired) electrons. The Kier molecular flexibility index (Phi) is 9.33. The number of aryl methyl sites for hydroxylation is 1. The quantitative estimate of drug-likeness (QED) is 0.159. The Hall–Kier alpha value is -2.42. The molecule has 0 fully saturated rings. The summed E-state index contributed by atoms with van der Waals surface area (Å²) in [6.45, 7) is 13.8. The standard InChI is InChI=1S/C30H41N2O2P/c1-8-16-30(9-2,26-20-23(3)19-25(29(4,5)6)28(26)34-22-33-7)35-27-15-11-10-14-24(27)21-31-32-17-12-13-18-32/h10-15,17-21,35H,8-9,16,22H2,1-7H3/b31-21+. The maximum atomic E-state index is 6.37. The summed E-state index contributed by atoms with van der Waals surface area (Å²) < 4.78 is 13.6. The fourth-order valence-corrected chi connectivity index (χ4v) is 6.48. The van der Waals surface area contributed by atoms with E-state index in [4.69, 9.17) is 9.47 Å². The van der Waals surface area contributed by atoms with Crippen LogP contribution in [0.4, 0.5) is 0 Å². The van der Waals surface area contributed by atoms with Gasteiger partial charge >= 0.3 is 0 Å². The largest absolute Gasteiger partial charge is 0.467 e. The third-order valence-electron chi connectivity index (χ3n) is 6.41. The molecule has 2 aromatic carbocycles. The highest BCUT2D eigenvalue weighted by molar-refractivity contribution is 7.48. The van der Waals surface area contributed by atoms with Gasteiger partial charge in [0.2, 0.25) is 0 Å². The number of nitrogens with zero attached hydrogens (tertiary/aromatic N) is 2. The molecule has 2 unspecified atom stereocenters. The van der Waals surface area contributed by atoms with Gasteiger partial charge < -0.3 is 9.47 Å². The van der Waals surface area contributed by atoms with Gasteiger partial charge in [0, 0.05) is 41.3 Å². The van der Waals surface area contributed by atoms with Gasteiger partial charge in [0.25, 0.3) is 0 Å². The number of hydrogen-bond acceptors (Lipinski definition) is 3. The Morgan fingerprint density at radius 1 is 1.00 bits per heavy atom. The van der Waals surface area contributed by atoms with Crippen LogP contribution >= 0.6 is 8.58 Å². The Labute approximate surface area is 213 Å². The fourth-order valence-electron chi connectivity index (χ4n) is 4.62. The SMILES string of the molecule is CCCC(CC)(Pc1ccccc1/C=N/n1cccc1)c1cc(C)cc(C(C)(C)C)c1OCOC. The van der Waals surface area contributed by atoms with E-state index >= 15 is 0 Å². The molecule has 4 nitrogen and oxygen atoms in total. The first-order valence-corrected chi connectivity index (χ1v) is 13.6. The van der Waals surface area contributed by atoms with Crippen LogP contribution < -0.4 is 10.0 Å². The summed E-state index contributed by atoms with van der Waals surface area (Å²) >= 11 is 0. The first kappa shape index (κ1) is 27.2. The van der Waals surface area contributed by atoms with E-state index in [0.717, 1.165) is 30.6 Å². The van der Waals surface area contributed by atoms with Gasteiger partial charge in [0.05, 0.1) is 6.21 Å². The molecular formula is C30H41N2O2P. The minimum absolute atomic E-state index is 0.0404. The predicted molar refractivity (Wildman–Crippen MR) is 151 cm³/mol. The van der Waals surface area contributed by atoms with Crippen molar-refractivity contribution in [3.05, 3.63) is 83.2 Å². The molecule has 1 heterocycles. The Morgan fingerprint density at radius 2 is 1.69 bits per heavy atom. The molecule has 2 atom stereocenters. The number of ether oxygens (including phenoxy) is 2. The van der Waals surface area contributed by atoms with Gasteiger partial charge in [-0.3, -0.25) is 0 Å². The Morgan fingerprint density at radius 3 is 2.31 bits per heavy atom. The first-order chi connectivity index (χ1) is 16.7. The fraction of sp³-hybridized carbons (Fsp3) is 0.433. The number of methoxy groups -OCH3 is 1. The van der Waals surface area contributed by atoms with Crippen LogP contribution in [0.15, 0.2) is 66.0 Å². The smallest absolute Gasteiger partial charge is 0.188 e. The van der Waals surface area contributed by atoms with Crippen molar-refractivity contribution < 1.29 is 9.47 Å². The van der Waals surface area contributed by atoms with E-state index in [9.17, 15) is 0 Å². The van der Waals surface area contributed by atoms with Gasteiger partial charge in [-0.15, -0.1) is 0 Å². The van der Waals surface area contributed by atoms with Crippen LogP contribution in [0.3, 0.4) is 0 Å². The van der Waals surface area contributed by atoms with Crippen molar-refractivity contribution in [2.45, 2.75) is 71.4 Å². The molecule has 3 rings (SSSR count). The van der Waals surface area contributed by atoms with Crippen LogP contribution in [0, 0.1) is 6.92 Å². The van der Waals surface area contributed by atoms with Crippen LogP contribution in [0.1, 0.15) is 76.1 Å². The van der Waals surface area contributed by atoms with Crippen LogP contribution in [-0.4, -0.2) is 24.8 Å². The van der Waals surface area contributed by atoms with Gasteiger partial charge in [-0.2, -0.15) is 5.10 Å². The van der Waals surface area contributed by atoms with Crippen LogP contribution in [-0.2, 0) is 15.3 Å². The summed E-state index contributed by atoms with van der Waals surface area (Å²) in [5, 5.41) is 5.93. The highest BCUT2D eigenvalue weighted by Gasteiger charge is 2.36. The maximum absolute atomic E-state index is 6.37. The normalized spacial score (nSPS) is 14.1. The summed E-state index contributed by atoms with van der Waals surface area (Å²) in [4.78, 5) is 0. The van der Waals surface area contributed by atoms with Crippen molar-refractivity contribution in [3.8, 4) is 5.75 Å². The van der Waals surface area contributed by atoms with Crippen molar-refractivity contribution in [3.63, 3.8) is 0 Å². The molecule has 0 N–H and O–H groups in total. The van der Waals surface area contributed by atoms with E-state index in [-0.39, 0.29) is 17.4 Å². The monoisotopic (exact) mass is 492 g/mol. The van der Waals surface area contributed by atoms with E-state index in [2.05, 4.69) is 83.0 Å². The zero-order valence-corrected chi connectivity index (χ0v) is 23.4. The average molecular weight is 493 g/mol. The van der Waals surface area contributed by atoms with Crippen molar-refractivity contribution in [2.24, 2.45) is 5.10 Å². The van der Waals surface area contributed by atoms with Gasteiger partial charge in [0.15, 0.2) is 6.79 Å². The molecule has 1 aromatic heterocycles. The molecule has 0 saturated heterocycles. The lowest BCUT2D eigenvalue weighted by molar-refractivity contribution is 0.0485. The summed E-state index contributed by atoms with van der Waals surface area (Å²) in [7, 11) is 2.27. The second-order valence-corrected chi connectivity index (χ2v) is 11.9. The van der Waals surface area contributed by atoms with E-state index < -0.39 is 0 Å². The Bertz CT molecular complexity index is 1120.